The molecule has 1 aliphatic heterocycles. The van der Waals surface area contributed by atoms with Gasteiger partial charge in [-0.1, -0.05) is 0 Å². The third kappa shape index (κ3) is 3.70. The molecule has 5 nitrogen and oxygen atoms in total. The highest BCUT2D eigenvalue weighted by Crippen LogP contribution is 2.27. The first kappa shape index (κ1) is 14.8. The normalized spacial score (nSPS) is 23.5. The Morgan fingerprint density at radius 1 is 1.40 bits per heavy atom. The second-order valence-electron chi connectivity index (χ2n) is 6.27. The molecule has 0 saturated carbocycles. The van der Waals surface area contributed by atoms with Gasteiger partial charge < -0.3 is 15.4 Å². The smallest absolute Gasteiger partial charge is 0.410 e. The van der Waals surface area contributed by atoms with Crippen molar-refractivity contribution in [1.82, 2.24) is 9.88 Å². The summed E-state index contributed by atoms with van der Waals surface area (Å²) < 4.78 is 5.39. The van der Waals surface area contributed by atoms with Gasteiger partial charge in [0.15, 0.2) is 0 Å². The lowest BCUT2D eigenvalue weighted by atomic mass is 9.86. The second-order valence-corrected chi connectivity index (χ2v) is 6.27. The van der Waals surface area contributed by atoms with Crippen molar-refractivity contribution in [2.45, 2.75) is 44.8 Å². The van der Waals surface area contributed by atoms with Gasteiger partial charge in [0.05, 0.1) is 0 Å². The van der Waals surface area contributed by atoms with Crippen LogP contribution >= 0.6 is 0 Å². The van der Waals surface area contributed by atoms with Gasteiger partial charge in [-0.15, -0.1) is 0 Å². The maximum absolute atomic E-state index is 12.0. The molecule has 110 valence electrons. The van der Waals surface area contributed by atoms with Crippen LogP contribution in [0.3, 0.4) is 0 Å². The van der Waals surface area contributed by atoms with E-state index < -0.39 is 5.60 Å². The highest BCUT2D eigenvalue weighted by Gasteiger charge is 2.32. The lowest BCUT2D eigenvalue weighted by Crippen LogP contribution is -2.50. The molecule has 5 heteroatoms. The summed E-state index contributed by atoms with van der Waals surface area (Å²) in [6.07, 6.45) is 4.13. The average molecular weight is 277 g/mol. The lowest BCUT2D eigenvalue weighted by Gasteiger charge is -2.37. The van der Waals surface area contributed by atoms with Crippen molar-refractivity contribution in [2.75, 3.05) is 13.1 Å². The molecule has 1 amide bonds. The van der Waals surface area contributed by atoms with Crippen LogP contribution in [0.5, 0.6) is 0 Å². The molecule has 1 aromatic rings. The van der Waals surface area contributed by atoms with Crippen molar-refractivity contribution in [2.24, 2.45) is 5.73 Å². The summed E-state index contributed by atoms with van der Waals surface area (Å²) >= 11 is 0. The van der Waals surface area contributed by atoms with E-state index in [0.717, 1.165) is 6.42 Å². The molecule has 1 saturated heterocycles. The Hall–Kier alpha value is -1.62. The Morgan fingerprint density at radius 3 is 2.60 bits per heavy atom. The fourth-order valence-electron chi connectivity index (χ4n) is 2.50. The number of likely N-dealkylation sites (tertiary alicyclic amines) is 1. The number of ether oxygens (including phenoxy) is 1. The first-order valence-electron chi connectivity index (χ1n) is 7.00. The van der Waals surface area contributed by atoms with Gasteiger partial charge in [-0.05, 0) is 44.9 Å². The number of nitrogens with two attached hydrogens (primary N) is 1. The van der Waals surface area contributed by atoms with Gasteiger partial charge in [0.2, 0.25) is 0 Å². The van der Waals surface area contributed by atoms with Gasteiger partial charge >= 0.3 is 6.09 Å². The minimum atomic E-state index is -0.469. The molecule has 0 aliphatic carbocycles. The highest BCUT2D eigenvalue weighted by atomic mass is 16.6. The summed E-state index contributed by atoms with van der Waals surface area (Å²) in [6, 6.07) is 3.92. The molecule has 0 aromatic carbocycles. The maximum atomic E-state index is 12.0. The molecule has 0 bridgehead atoms. The molecule has 0 unspecified atom stereocenters. The van der Waals surface area contributed by atoms with Crippen molar-refractivity contribution >= 4 is 6.09 Å². The van der Waals surface area contributed by atoms with E-state index in [4.69, 9.17) is 10.5 Å². The van der Waals surface area contributed by atoms with E-state index in [9.17, 15) is 4.79 Å². The average Bonchev–Trinajstić information content (AvgIpc) is 2.37. The zero-order valence-corrected chi connectivity index (χ0v) is 12.4. The topological polar surface area (TPSA) is 68.5 Å². The summed E-state index contributed by atoms with van der Waals surface area (Å²) in [6.45, 7) is 6.81. The van der Waals surface area contributed by atoms with E-state index >= 15 is 0 Å². The predicted octanol–water partition coefficient (Wildman–Crippen LogP) is 2.13. The molecule has 2 N–H and O–H groups in total. The fourth-order valence-corrected chi connectivity index (χ4v) is 2.50. The number of hydrogen-bond acceptors (Lipinski definition) is 4. The van der Waals surface area contributed by atoms with Gasteiger partial charge in [0.25, 0.3) is 0 Å². The van der Waals surface area contributed by atoms with Crippen LogP contribution in [0.1, 0.15) is 38.7 Å². The standard InChI is InChI=1S/C15H23N3O2/c1-15(2,3)20-14(19)18-9-6-12(13(16)10-18)11-4-7-17-8-5-11/h4-5,7-8,12-13H,6,9-10,16H2,1-3H3/t12-,13+/m0/s1. The lowest BCUT2D eigenvalue weighted by molar-refractivity contribution is 0.0186. The van der Waals surface area contributed by atoms with E-state index in [-0.39, 0.29) is 18.1 Å². The van der Waals surface area contributed by atoms with Crippen molar-refractivity contribution in [3.8, 4) is 0 Å². The van der Waals surface area contributed by atoms with Crippen LogP contribution in [0.2, 0.25) is 0 Å². The number of nitrogens with zero attached hydrogens (tertiary/aromatic N) is 2. The number of pyridine rings is 1. The van der Waals surface area contributed by atoms with Crippen LogP contribution in [0.4, 0.5) is 4.79 Å². The monoisotopic (exact) mass is 277 g/mol. The maximum Gasteiger partial charge on any atom is 0.410 e. The van der Waals surface area contributed by atoms with E-state index in [0.29, 0.717) is 13.1 Å². The molecule has 0 radical (unpaired) electrons. The highest BCUT2D eigenvalue weighted by molar-refractivity contribution is 5.68. The molecule has 2 heterocycles. The number of amides is 1. The number of piperidine rings is 1. The van der Waals surface area contributed by atoms with Crippen molar-refractivity contribution in [3.05, 3.63) is 30.1 Å². The Labute approximate surface area is 120 Å². The third-order valence-electron chi connectivity index (χ3n) is 3.44. The van der Waals surface area contributed by atoms with Gasteiger partial charge in [-0.25, -0.2) is 4.79 Å². The van der Waals surface area contributed by atoms with Gasteiger partial charge in [-0.3, -0.25) is 4.98 Å². The van der Waals surface area contributed by atoms with Crippen molar-refractivity contribution in [1.29, 1.82) is 0 Å². The Morgan fingerprint density at radius 2 is 2.05 bits per heavy atom. The SMILES string of the molecule is CC(C)(C)OC(=O)N1CC[C@@H](c2ccncc2)[C@H](N)C1. The first-order chi connectivity index (χ1) is 9.37. The number of rotatable bonds is 1. The second kappa shape index (κ2) is 5.79. The first-order valence-corrected chi connectivity index (χ1v) is 7.00. The van der Waals surface area contributed by atoms with Crippen LogP contribution in [0, 0.1) is 0 Å². The zero-order valence-electron chi connectivity index (χ0n) is 12.4. The number of hydrogen-bond donors (Lipinski definition) is 1. The summed E-state index contributed by atoms with van der Waals surface area (Å²) in [5.41, 5.74) is 6.96. The summed E-state index contributed by atoms with van der Waals surface area (Å²) in [5.74, 6) is 0.275. The van der Waals surface area contributed by atoms with Gasteiger partial charge in [0, 0.05) is 37.4 Å². The summed E-state index contributed by atoms with van der Waals surface area (Å²) in [7, 11) is 0. The van der Waals surface area contributed by atoms with E-state index in [1.54, 1.807) is 17.3 Å². The summed E-state index contributed by atoms with van der Waals surface area (Å²) in [4.78, 5) is 17.8. The van der Waals surface area contributed by atoms with E-state index in [1.807, 2.05) is 32.9 Å². The quantitative estimate of drug-likeness (QED) is 0.854. The molecular weight excluding hydrogens is 254 g/mol. The van der Waals surface area contributed by atoms with Crippen LogP contribution in [-0.4, -0.2) is 40.7 Å². The number of carbonyl (C=O) groups excluding carboxylic acids is 1. The molecule has 2 rings (SSSR count). The van der Waals surface area contributed by atoms with Gasteiger partial charge in [-0.2, -0.15) is 0 Å². The Kier molecular flexibility index (Phi) is 4.28. The Balaban J connectivity index is 1.97. The number of aromatic nitrogens is 1. The molecule has 2 atom stereocenters. The van der Waals surface area contributed by atoms with Crippen molar-refractivity contribution in [3.63, 3.8) is 0 Å². The van der Waals surface area contributed by atoms with Crippen molar-refractivity contribution < 1.29 is 9.53 Å². The van der Waals surface area contributed by atoms with Crippen LogP contribution < -0.4 is 5.73 Å². The molecule has 1 aliphatic rings. The molecule has 1 fully saturated rings. The third-order valence-corrected chi connectivity index (χ3v) is 3.44. The largest absolute Gasteiger partial charge is 0.444 e. The van der Waals surface area contributed by atoms with Crippen LogP contribution in [0.25, 0.3) is 0 Å². The molecular formula is C15H23N3O2. The zero-order chi connectivity index (χ0) is 14.8. The number of carbonyl (C=O) groups is 1. The van der Waals surface area contributed by atoms with Gasteiger partial charge in [0.1, 0.15) is 5.60 Å². The molecule has 1 aromatic heterocycles. The molecule has 0 spiro atoms. The summed E-state index contributed by atoms with van der Waals surface area (Å²) in [5, 5.41) is 0. The minimum Gasteiger partial charge on any atom is -0.444 e. The van der Waals surface area contributed by atoms with E-state index in [2.05, 4.69) is 4.98 Å². The van der Waals surface area contributed by atoms with Crippen LogP contribution in [-0.2, 0) is 4.74 Å². The van der Waals surface area contributed by atoms with E-state index in [1.165, 1.54) is 5.56 Å². The minimum absolute atomic E-state index is 0.0707. The van der Waals surface area contributed by atoms with Crippen LogP contribution in [0.15, 0.2) is 24.5 Å². The predicted molar refractivity (Wildman–Crippen MR) is 77.4 cm³/mol. The Bertz CT molecular complexity index is 456. The fraction of sp³-hybridized carbons (Fsp3) is 0.600. The molecule has 20 heavy (non-hydrogen) atoms.